The highest BCUT2D eigenvalue weighted by Crippen LogP contribution is 2.42. The number of aromatic amines is 1. The van der Waals surface area contributed by atoms with Crippen LogP contribution in [0.3, 0.4) is 0 Å². The number of aromatic nitrogens is 5. The molecule has 134 valence electrons. The number of carbonyl (C=O) groups excluding carboxylic acids is 1. The molecule has 1 N–H and O–H groups in total. The van der Waals surface area contributed by atoms with Gasteiger partial charge in [0.05, 0.1) is 11.6 Å². The minimum absolute atomic E-state index is 0.00556. The number of likely N-dealkylation sites (tertiary alicyclic amines) is 1. The van der Waals surface area contributed by atoms with Gasteiger partial charge in [-0.25, -0.2) is 4.98 Å². The molecule has 2 aliphatic rings. The number of H-pyrrole nitrogens is 1. The molecule has 1 saturated carbocycles. The van der Waals surface area contributed by atoms with Gasteiger partial charge in [-0.3, -0.25) is 14.6 Å². The van der Waals surface area contributed by atoms with Crippen LogP contribution in [0.5, 0.6) is 0 Å². The summed E-state index contributed by atoms with van der Waals surface area (Å²) in [7, 11) is 0. The van der Waals surface area contributed by atoms with Gasteiger partial charge in [0.2, 0.25) is 0 Å². The van der Waals surface area contributed by atoms with E-state index in [4.69, 9.17) is 5.10 Å². The van der Waals surface area contributed by atoms with Crippen molar-refractivity contribution in [3.8, 4) is 0 Å². The molecule has 7 heteroatoms. The smallest absolute Gasteiger partial charge is 0.274 e. The van der Waals surface area contributed by atoms with Crippen molar-refractivity contribution < 1.29 is 4.79 Å². The molecule has 0 radical (unpaired) electrons. The van der Waals surface area contributed by atoms with Gasteiger partial charge in [-0.1, -0.05) is 0 Å². The van der Waals surface area contributed by atoms with E-state index in [0.717, 1.165) is 31.6 Å². The first-order valence-electron chi connectivity index (χ1n) is 9.22. The van der Waals surface area contributed by atoms with Crippen LogP contribution in [0.2, 0.25) is 0 Å². The van der Waals surface area contributed by atoms with Crippen LogP contribution >= 0.6 is 0 Å². The number of nitrogens with one attached hydrogen (secondary N) is 1. The fourth-order valence-electron chi connectivity index (χ4n) is 3.69. The predicted molar refractivity (Wildman–Crippen MR) is 93.2 cm³/mol. The highest BCUT2D eigenvalue weighted by atomic mass is 16.2. The van der Waals surface area contributed by atoms with E-state index >= 15 is 0 Å². The Morgan fingerprint density at radius 2 is 2.04 bits per heavy atom. The Hall–Kier alpha value is -2.18. The van der Waals surface area contributed by atoms with Crippen molar-refractivity contribution in [3.05, 3.63) is 29.6 Å². The van der Waals surface area contributed by atoms with Gasteiger partial charge >= 0.3 is 0 Å². The summed E-state index contributed by atoms with van der Waals surface area (Å²) >= 11 is 0. The Balaban J connectivity index is 1.65. The zero-order chi connectivity index (χ0) is 17.6. The van der Waals surface area contributed by atoms with Crippen molar-refractivity contribution in [1.82, 2.24) is 29.9 Å². The third kappa shape index (κ3) is 3.07. The lowest BCUT2D eigenvalue weighted by Gasteiger charge is -2.33. The fraction of sp³-hybridized carbons (Fsp3) is 0.667. The van der Waals surface area contributed by atoms with Crippen LogP contribution in [0.15, 0.2) is 12.4 Å². The van der Waals surface area contributed by atoms with E-state index in [1.165, 1.54) is 24.9 Å². The molecule has 1 aliphatic carbocycles. The maximum atomic E-state index is 13.2. The second kappa shape index (κ2) is 5.97. The third-order valence-corrected chi connectivity index (χ3v) is 5.10. The molecular weight excluding hydrogens is 316 g/mol. The van der Waals surface area contributed by atoms with Gasteiger partial charge in [-0.2, -0.15) is 10.2 Å². The highest BCUT2D eigenvalue weighted by molar-refractivity contribution is 5.92. The lowest BCUT2D eigenvalue weighted by atomic mass is 10.0. The van der Waals surface area contributed by atoms with Crippen LogP contribution in [0.25, 0.3) is 0 Å². The molecule has 1 atom stereocenters. The largest absolute Gasteiger partial charge is 0.327 e. The van der Waals surface area contributed by atoms with Crippen molar-refractivity contribution in [2.75, 3.05) is 6.54 Å². The van der Waals surface area contributed by atoms with E-state index in [1.54, 1.807) is 0 Å². The van der Waals surface area contributed by atoms with Crippen LogP contribution in [-0.2, 0) is 5.54 Å². The topological polar surface area (TPSA) is 79.7 Å². The number of hydrogen-bond acceptors (Lipinski definition) is 4. The minimum atomic E-state index is -0.122. The second-order valence-electron chi connectivity index (χ2n) is 8.19. The van der Waals surface area contributed by atoms with Crippen molar-refractivity contribution in [3.63, 3.8) is 0 Å². The molecule has 25 heavy (non-hydrogen) atoms. The van der Waals surface area contributed by atoms with Gasteiger partial charge in [0.1, 0.15) is 12.2 Å². The Kier molecular flexibility index (Phi) is 3.89. The first-order chi connectivity index (χ1) is 11.9. The van der Waals surface area contributed by atoms with Crippen molar-refractivity contribution in [2.45, 2.75) is 70.4 Å². The fourth-order valence-corrected chi connectivity index (χ4v) is 3.69. The number of amides is 1. The van der Waals surface area contributed by atoms with Gasteiger partial charge in [0.25, 0.3) is 5.91 Å². The maximum Gasteiger partial charge on any atom is 0.274 e. The van der Waals surface area contributed by atoms with Crippen LogP contribution in [0.1, 0.15) is 86.8 Å². The maximum absolute atomic E-state index is 13.2. The van der Waals surface area contributed by atoms with Crippen molar-refractivity contribution in [2.24, 2.45) is 0 Å². The number of rotatable bonds is 3. The average Bonchev–Trinajstić information content (AvgIpc) is 3.12. The Labute approximate surface area is 147 Å². The molecule has 2 aromatic heterocycles. The standard InChI is InChI=1S/C18H26N6O/c1-18(2,3)24-15(12-7-8-12)10-13(22-24)17(25)23-9-5-4-6-14(23)16-19-11-20-21-16/h10-12,14H,4-9H2,1-3H3,(H,19,20,21)/t14-/m1/s1. The summed E-state index contributed by atoms with van der Waals surface area (Å²) in [6.45, 7) is 7.15. The molecule has 0 spiro atoms. The minimum Gasteiger partial charge on any atom is -0.327 e. The molecule has 1 aliphatic heterocycles. The van der Waals surface area contributed by atoms with Gasteiger partial charge in [-0.15, -0.1) is 0 Å². The molecule has 0 aromatic carbocycles. The summed E-state index contributed by atoms with van der Waals surface area (Å²) in [4.78, 5) is 19.4. The van der Waals surface area contributed by atoms with E-state index in [1.807, 2.05) is 15.6 Å². The lowest BCUT2D eigenvalue weighted by Crippen LogP contribution is -2.39. The molecule has 2 aromatic rings. The Morgan fingerprint density at radius 1 is 1.24 bits per heavy atom. The Bertz CT molecular complexity index is 753. The van der Waals surface area contributed by atoms with E-state index in [0.29, 0.717) is 11.6 Å². The average molecular weight is 342 g/mol. The summed E-state index contributed by atoms with van der Waals surface area (Å²) in [6.07, 6.45) is 6.92. The highest BCUT2D eigenvalue weighted by Gasteiger charge is 2.36. The van der Waals surface area contributed by atoms with Crippen LogP contribution in [-0.4, -0.2) is 42.3 Å². The van der Waals surface area contributed by atoms with Gasteiger partial charge in [0.15, 0.2) is 5.69 Å². The van der Waals surface area contributed by atoms with E-state index in [-0.39, 0.29) is 17.5 Å². The first-order valence-corrected chi connectivity index (χ1v) is 9.22. The van der Waals surface area contributed by atoms with Crippen LogP contribution in [0.4, 0.5) is 0 Å². The first kappa shape index (κ1) is 16.3. The van der Waals surface area contributed by atoms with Crippen molar-refractivity contribution in [1.29, 1.82) is 0 Å². The van der Waals surface area contributed by atoms with Gasteiger partial charge < -0.3 is 4.90 Å². The van der Waals surface area contributed by atoms with Crippen LogP contribution < -0.4 is 0 Å². The van der Waals surface area contributed by atoms with E-state index in [2.05, 4.69) is 36.0 Å². The summed E-state index contributed by atoms with van der Waals surface area (Å²) in [5.74, 6) is 1.33. The number of carbonyl (C=O) groups is 1. The number of nitrogens with zero attached hydrogens (tertiary/aromatic N) is 5. The van der Waals surface area contributed by atoms with Gasteiger partial charge in [0, 0.05) is 18.2 Å². The van der Waals surface area contributed by atoms with Crippen LogP contribution in [0, 0.1) is 0 Å². The molecular formula is C18H26N6O. The summed E-state index contributed by atoms with van der Waals surface area (Å²) in [6, 6.07) is 1.98. The summed E-state index contributed by atoms with van der Waals surface area (Å²) in [5, 5.41) is 11.6. The normalized spacial score (nSPS) is 21.6. The van der Waals surface area contributed by atoms with Crippen molar-refractivity contribution >= 4 is 5.91 Å². The molecule has 7 nitrogen and oxygen atoms in total. The molecule has 3 heterocycles. The molecule has 4 rings (SSSR count). The number of piperidine rings is 1. The molecule has 0 unspecified atom stereocenters. The second-order valence-corrected chi connectivity index (χ2v) is 8.19. The quantitative estimate of drug-likeness (QED) is 0.930. The summed E-state index contributed by atoms with van der Waals surface area (Å²) in [5.41, 5.74) is 1.63. The third-order valence-electron chi connectivity index (χ3n) is 5.10. The monoisotopic (exact) mass is 342 g/mol. The number of hydrogen-bond donors (Lipinski definition) is 1. The molecule has 2 fully saturated rings. The molecule has 1 amide bonds. The Morgan fingerprint density at radius 3 is 2.68 bits per heavy atom. The molecule has 0 bridgehead atoms. The molecule has 1 saturated heterocycles. The zero-order valence-electron chi connectivity index (χ0n) is 15.2. The zero-order valence-corrected chi connectivity index (χ0v) is 15.2. The van der Waals surface area contributed by atoms with Gasteiger partial charge in [-0.05, 0) is 58.9 Å². The summed E-state index contributed by atoms with van der Waals surface area (Å²) < 4.78 is 2.05. The SMILES string of the molecule is CC(C)(C)n1nc(C(=O)N2CCCC[C@@H]2c2ncn[nH]2)cc1C1CC1. The van der Waals surface area contributed by atoms with E-state index < -0.39 is 0 Å². The predicted octanol–water partition coefficient (Wildman–Crippen LogP) is 3.00. The van der Waals surface area contributed by atoms with E-state index in [9.17, 15) is 4.79 Å². The lowest BCUT2D eigenvalue weighted by molar-refractivity contribution is 0.0592.